The van der Waals surface area contributed by atoms with Gasteiger partial charge < -0.3 is 4.90 Å². The van der Waals surface area contributed by atoms with Crippen LogP contribution in [0.25, 0.3) is 6.08 Å². The van der Waals surface area contributed by atoms with E-state index in [1.165, 1.54) is 5.56 Å². The summed E-state index contributed by atoms with van der Waals surface area (Å²) in [5.41, 5.74) is 1.19. The van der Waals surface area contributed by atoms with E-state index in [0.29, 0.717) is 18.8 Å². The number of hydrogen-bond donors (Lipinski definition) is 0. The second kappa shape index (κ2) is 6.75. The van der Waals surface area contributed by atoms with Gasteiger partial charge in [0.1, 0.15) is 0 Å². The Hall–Kier alpha value is -1.18. The number of hydrogen-bond acceptors (Lipinski definition) is 5. The number of carbonyl (C=O) groups excluding carboxylic acids is 1. The Balaban J connectivity index is 1.52. The van der Waals surface area contributed by atoms with Crippen LogP contribution in [0.4, 0.5) is 0 Å². The molecule has 5 nitrogen and oxygen atoms in total. The zero-order valence-electron chi connectivity index (χ0n) is 13.3. The fraction of sp³-hybridized carbons (Fsp3) is 0.562. The predicted molar refractivity (Wildman–Crippen MR) is 93.3 cm³/mol. The first kappa shape index (κ1) is 16.7. The third-order valence-corrected chi connectivity index (χ3v) is 7.36. The van der Waals surface area contributed by atoms with Crippen LogP contribution < -0.4 is 0 Å². The third kappa shape index (κ3) is 4.02. The number of thiophene rings is 1. The van der Waals surface area contributed by atoms with Gasteiger partial charge in [-0.3, -0.25) is 9.69 Å². The topological polar surface area (TPSA) is 57.7 Å². The summed E-state index contributed by atoms with van der Waals surface area (Å²) in [4.78, 5) is 17.5. The van der Waals surface area contributed by atoms with Crippen LogP contribution in [0.2, 0.25) is 0 Å². The van der Waals surface area contributed by atoms with E-state index >= 15 is 0 Å². The standard InChI is InChI=1S/C16H22N2O3S2/c1-13-4-10-22-15(13)2-3-16(19)18-8-6-17(7-9-18)14-5-11-23(20,21)12-14/h2-4,10,14H,5-9,11-12H2,1H3/b3-2+/t14-/m0/s1. The lowest BCUT2D eigenvalue weighted by molar-refractivity contribution is -0.127. The number of aryl methyl sites for hydroxylation is 1. The average Bonchev–Trinajstić information content (AvgIpc) is 3.10. The van der Waals surface area contributed by atoms with Gasteiger partial charge in [-0.1, -0.05) is 0 Å². The van der Waals surface area contributed by atoms with Crippen LogP contribution in [0.1, 0.15) is 16.9 Å². The maximum Gasteiger partial charge on any atom is 0.246 e. The lowest BCUT2D eigenvalue weighted by atomic mass is 10.2. The highest BCUT2D eigenvalue weighted by Crippen LogP contribution is 2.20. The smallest absolute Gasteiger partial charge is 0.246 e. The van der Waals surface area contributed by atoms with E-state index in [2.05, 4.69) is 4.90 Å². The van der Waals surface area contributed by atoms with Gasteiger partial charge in [-0.05, 0) is 36.4 Å². The van der Waals surface area contributed by atoms with Gasteiger partial charge in [0.25, 0.3) is 0 Å². The molecule has 2 fully saturated rings. The lowest BCUT2D eigenvalue weighted by Gasteiger charge is -2.37. The van der Waals surface area contributed by atoms with Crippen LogP contribution in [0, 0.1) is 6.92 Å². The molecule has 0 saturated carbocycles. The Kier molecular flexibility index (Phi) is 4.89. The van der Waals surface area contributed by atoms with Crippen molar-refractivity contribution in [3.63, 3.8) is 0 Å². The molecule has 0 bridgehead atoms. The van der Waals surface area contributed by atoms with Gasteiger partial charge in [0.05, 0.1) is 11.5 Å². The van der Waals surface area contributed by atoms with Gasteiger partial charge in [-0.15, -0.1) is 11.3 Å². The molecule has 7 heteroatoms. The molecule has 2 aliphatic heterocycles. The molecule has 0 unspecified atom stereocenters. The second-order valence-electron chi connectivity index (χ2n) is 6.22. The summed E-state index contributed by atoms with van der Waals surface area (Å²) in [7, 11) is -2.84. The van der Waals surface area contributed by atoms with Crippen molar-refractivity contribution in [1.29, 1.82) is 0 Å². The van der Waals surface area contributed by atoms with Crippen LogP contribution >= 0.6 is 11.3 Å². The summed E-state index contributed by atoms with van der Waals surface area (Å²) in [6.07, 6.45) is 4.26. The maximum absolute atomic E-state index is 12.3. The monoisotopic (exact) mass is 354 g/mol. The summed E-state index contributed by atoms with van der Waals surface area (Å²) in [5.74, 6) is 0.620. The third-order valence-electron chi connectivity index (χ3n) is 4.63. The van der Waals surface area contributed by atoms with E-state index in [1.54, 1.807) is 17.4 Å². The average molecular weight is 354 g/mol. The molecule has 23 heavy (non-hydrogen) atoms. The molecule has 1 amide bonds. The molecule has 1 atom stereocenters. The van der Waals surface area contributed by atoms with Gasteiger partial charge in [0.15, 0.2) is 9.84 Å². The molecule has 3 heterocycles. The van der Waals surface area contributed by atoms with Crippen LogP contribution in [0.3, 0.4) is 0 Å². The first-order valence-electron chi connectivity index (χ1n) is 7.90. The molecule has 0 N–H and O–H groups in total. The predicted octanol–water partition coefficient (Wildman–Crippen LogP) is 1.40. The van der Waals surface area contributed by atoms with Crippen molar-refractivity contribution in [2.45, 2.75) is 19.4 Å². The number of carbonyl (C=O) groups is 1. The molecular weight excluding hydrogens is 332 g/mol. The number of amides is 1. The first-order chi connectivity index (χ1) is 10.9. The number of rotatable bonds is 3. The van der Waals surface area contributed by atoms with E-state index in [4.69, 9.17) is 0 Å². The Morgan fingerprint density at radius 2 is 2.04 bits per heavy atom. The molecule has 2 saturated heterocycles. The first-order valence-corrected chi connectivity index (χ1v) is 10.6. The Bertz CT molecular complexity index is 701. The van der Waals surface area contributed by atoms with Gasteiger partial charge in [-0.25, -0.2) is 8.42 Å². The van der Waals surface area contributed by atoms with Crippen LogP contribution in [-0.2, 0) is 14.6 Å². The second-order valence-corrected chi connectivity index (χ2v) is 9.40. The zero-order chi connectivity index (χ0) is 16.4. The summed E-state index contributed by atoms with van der Waals surface area (Å²) >= 11 is 1.63. The number of sulfone groups is 1. The zero-order valence-corrected chi connectivity index (χ0v) is 14.9. The molecule has 126 valence electrons. The van der Waals surface area contributed by atoms with Crippen molar-refractivity contribution < 1.29 is 13.2 Å². The maximum atomic E-state index is 12.3. The quantitative estimate of drug-likeness (QED) is 0.770. The van der Waals surface area contributed by atoms with Gasteiger partial charge >= 0.3 is 0 Å². The summed E-state index contributed by atoms with van der Waals surface area (Å²) in [6.45, 7) is 4.90. The molecule has 0 aliphatic carbocycles. The normalized spacial score (nSPS) is 25.3. The highest BCUT2D eigenvalue weighted by atomic mass is 32.2. The number of nitrogens with zero attached hydrogens (tertiary/aromatic N) is 2. The summed E-state index contributed by atoms with van der Waals surface area (Å²) < 4.78 is 23.2. The number of piperazine rings is 1. The van der Waals surface area contributed by atoms with Crippen LogP contribution in [0.5, 0.6) is 0 Å². The Morgan fingerprint density at radius 1 is 1.30 bits per heavy atom. The van der Waals surface area contributed by atoms with Crippen molar-refractivity contribution in [3.05, 3.63) is 28.0 Å². The molecule has 0 aromatic carbocycles. The highest BCUT2D eigenvalue weighted by Gasteiger charge is 2.34. The SMILES string of the molecule is Cc1ccsc1/C=C/C(=O)N1CCN([C@H]2CCS(=O)(=O)C2)CC1. The van der Waals surface area contributed by atoms with Crippen LogP contribution in [0.15, 0.2) is 17.5 Å². The molecule has 0 radical (unpaired) electrons. The van der Waals surface area contributed by atoms with Crippen molar-refractivity contribution >= 4 is 33.2 Å². The van der Waals surface area contributed by atoms with E-state index in [-0.39, 0.29) is 17.7 Å². The van der Waals surface area contributed by atoms with E-state index in [0.717, 1.165) is 24.4 Å². The molecule has 0 spiro atoms. The summed E-state index contributed by atoms with van der Waals surface area (Å²) in [5, 5.41) is 2.02. The fourth-order valence-corrected chi connectivity index (χ4v) is 5.76. The lowest BCUT2D eigenvalue weighted by Crippen LogP contribution is -2.52. The van der Waals surface area contributed by atoms with E-state index < -0.39 is 9.84 Å². The molecule has 2 aliphatic rings. The minimum absolute atomic E-state index is 0.0384. The van der Waals surface area contributed by atoms with Crippen molar-refractivity contribution in [3.8, 4) is 0 Å². The van der Waals surface area contributed by atoms with Gasteiger partial charge in [0, 0.05) is 43.2 Å². The van der Waals surface area contributed by atoms with Crippen molar-refractivity contribution in [2.24, 2.45) is 0 Å². The van der Waals surface area contributed by atoms with Gasteiger partial charge in [0.2, 0.25) is 5.91 Å². The highest BCUT2D eigenvalue weighted by molar-refractivity contribution is 7.91. The summed E-state index contributed by atoms with van der Waals surface area (Å²) in [6, 6.07) is 2.19. The largest absolute Gasteiger partial charge is 0.337 e. The minimum atomic E-state index is -2.84. The van der Waals surface area contributed by atoms with E-state index in [9.17, 15) is 13.2 Å². The molecule has 3 rings (SSSR count). The van der Waals surface area contributed by atoms with Crippen molar-refractivity contribution in [1.82, 2.24) is 9.80 Å². The van der Waals surface area contributed by atoms with Crippen molar-refractivity contribution in [2.75, 3.05) is 37.7 Å². The van der Waals surface area contributed by atoms with E-state index in [1.807, 2.05) is 29.3 Å². The van der Waals surface area contributed by atoms with Gasteiger partial charge in [-0.2, -0.15) is 0 Å². The Labute approximate surface area is 141 Å². The molecule has 1 aromatic rings. The fourth-order valence-electron chi connectivity index (χ4n) is 3.18. The molecule has 1 aromatic heterocycles. The Morgan fingerprint density at radius 3 is 2.61 bits per heavy atom. The molecular formula is C16H22N2O3S2. The van der Waals surface area contributed by atoms with Crippen LogP contribution in [-0.4, -0.2) is 67.9 Å². The minimum Gasteiger partial charge on any atom is -0.337 e.